The molecule has 0 spiro atoms. The van der Waals surface area contributed by atoms with Crippen molar-refractivity contribution in [3.63, 3.8) is 0 Å². The minimum Gasteiger partial charge on any atom is -0.338 e. The Labute approximate surface area is 132 Å². The largest absolute Gasteiger partial charge is 0.522 e. The lowest BCUT2D eigenvalue weighted by Crippen LogP contribution is -2.42. The van der Waals surface area contributed by atoms with Crippen LogP contribution in [0.25, 0.3) is 0 Å². The highest BCUT2D eigenvalue weighted by atomic mass is 19.4. The zero-order chi connectivity index (χ0) is 16.4. The Balaban J connectivity index is 1.61. The zero-order valence-corrected chi connectivity index (χ0v) is 12.7. The van der Waals surface area contributed by atoms with E-state index in [2.05, 4.69) is 9.72 Å². The van der Waals surface area contributed by atoms with Crippen LogP contribution in [0.5, 0.6) is 0 Å². The summed E-state index contributed by atoms with van der Waals surface area (Å²) in [4.78, 5) is 18.5. The number of carbonyl (C=O) groups is 1. The number of amides is 1. The number of rotatable bonds is 2. The Hall–Kier alpha value is -1.63. The van der Waals surface area contributed by atoms with Crippen LogP contribution in [-0.2, 0) is 17.6 Å². The molecule has 2 heterocycles. The van der Waals surface area contributed by atoms with Gasteiger partial charge in [0, 0.05) is 25.0 Å². The number of likely N-dealkylation sites (tertiary alicyclic amines) is 1. The topological polar surface area (TPSA) is 42.4 Å². The minimum absolute atomic E-state index is 0.156. The van der Waals surface area contributed by atoms with Gasteiger partial charge in [0.25, 0.3) is 5.91 Å². The fraction of sp³-hybridized carbons (Fsp3) is 0.625. The number of piperidine rings is 1. The van der Waals surface area contributed by atoms with Crippen LogP contribution >= 0.6 is 0 Å². The number of aromatic nitrogens is 1. The average Bonchev–Trinajstić information content (AvgIpc) is 2.53. The third kappa shape index (κ3) is 4.02. The highest BCUT2D eigenvalue weighted by Gasteiger charge is 2.35. The van der Waals surface area contributed by atoms with E-state index in [-0.39, 0.29) is 31.8 Å². The van der Waals surface area contributed by atoms with E-state index in [1.54, 1.807) is 11.1 Å². The number of fused-ring (bicyclic) bond motifs is 1. The molecule has 0 atom stereocenters. The lowest BCUT2D eigenvalue weighted by Gasteiger charge is -2.32. The van der Waals surface area contributed by atoms with Crippen molar-refractivity contribution in [2.24, 2.45) is 0 Å². The standard InChI is InChI=1S/C16H19F3N2O2/c17-16(18,19)23-13-5-7-21(8-6-13)15(22)12-9-11-3-1-2-4-14(11)20-10-12/h9-10,13H,1-8H2. The molecule has 1 aromatic rings. The fourth-order valence-electron chi connectivity index (χ4n) is 3.25. The fourth-order valence-corrected chi connectivity index (χ4v) is 3.25. The third-order valence-corrected chi connectivity index (χ3v) is 4.45. The Bertz CT molecular complexity index is 581. The number of aryl methyl sites for hydroxylation is 2. The van der Waals surface area contributed by atoms with Gasteiger partial charge in [-0.1, -0.05) is 0 Å². The number of halogens is 3. The maximum Gasteiger partial charge on any atom is 0.522 e. The Morgan fingerprint density at radius 3 is 2.61 bits per heavy atom. The van der Waals surface area contributed by atoms with Gasteiger partial charge >= 0.3 is 6.36 Å². The summed E-state index contributed by atoms with van der Waals surface area (Å²) in [7, 11) is 0. The van der Waals surface area contributed by atoms with Gasteiger partial charge < -0.3 is 4.90 Å². The van der Waals surface area contributed by atoms with Crippen molar-refractivity contribution in [3.05, 3.63) is 29.1 Å². The van der Waals surface area contributed by atoms with Crippen LogP contribution in [0.2, 0.25) is 0 Å². The van der Waals surface area contributed by atoms with Crippen molar-refractivity contribution in [3.8, 4) is 0 Å². The van der Waals surface area contributed by atoms with Crippen molar-refractivity contribution in [1.29, 1.82) is 0 Å². The number of hydrogen-bond donors (Lipinski definition) is 0. The molecule has 0 N–H and O–H groups in total. The monoisotopic (exact) mass is 328 g/mol. The number of nitrogens with zero attached hydrogens (tertiary/aromatic N) is 2. The molecule has 3 rings (SSSR count). The van der Waals surface area contributed by atoms with Crippen LogP contribution in [0.1, 0.15) is 47.3 Å². The van der Waals surface area contributed by atoms with Crippen LogP contribution in [0, 0.1) is 0 Å². The summed E-state index contributed by atoms with van der Waals surface area (Å²) in [6, 6.07) is 1.89. The number of alkyl halides is 3. The first-order valence-corrected chi connectivity index (χ1v) is 7.94. The van der Waals surface area contributed by atoms with Gasteiger partial charge in [0.2, 0.25) is 0 Å². The lowest BCUT2D eigenvalue weighted by molar-refractivity contribution is -0.345. The van der Waals surface area contributed by atoms with Gasteiger partial charge in [-0.25, -0.2) is 0 Å². The molecule has 0 bridgehead atoms. The average molecular weight is 328 g/mol. The van der Waals surface area contributed by atoms with E-state index < -0.39 is 12.5 Å². The van der Waals surface area contributed by atoms with E-state index in [1.807, 2.05) is 6.07 Å². The van der Waals surface area contributed by atoms with E-state index in [4.69, 9.17) is 0 Å². The molecule has 4 nitrogen and oxygen atoms in total. The van der Waals surface area contributed by atoms with Crippen molar-refractivity contribution in [2.45, 2.75) is 51.0 Å². The van der Waals surface area contributed by atoms with Crippen LogP contribution in [0.3, 0.4) is 0 Å². The van der Waals surface area contributed by atoms with Crippen LogP contribution in [-0.4, -0.2) is 41.3 Å². The second-order valence-corrected chi connectivity index (χ2v) is 6.09. The molecule has 2 aliphatic rings. The van der Waals surface area contributed by atoms with E-state index >= 15 is 0 Å². The number of hydrogen-bond acceptors (Lipinski definition) is 3. The maximum atomic E-state index is 12.5. The summed E-state index contributed by atoms with van der Waals surface area (Å²) >= 11 is 0. The number of ether oxygens (including phenoxy) is 1. The molecule has 1 saturated heterocycles. The zero-order valence-electron chi connectivity index (χ0n) is 12.7. The van der Waals surface area contributed by atoms with Gasteiger partial charge in [0.05, 0.1) is 11.7 Å². The van der Waals surface area contributed by atoms with Gasteiger partial charge in [0.15, 0.2) is 0 Å². The Morgan fingerprint density at radius 1 is 1.22 bits per heavy atom. The maximum absolute atomic E-state index is 12.5. The van der Waals surface area contributed by atoms with Gasteiger partial charge in [-0.15, -0.1) is 13.2 Å². The highest BCUT2D eigenvalue weighted by molar-refractivity contribution is 5.94. The minimum atomic E-state index is -4.61. The first-order chi connectivity index (χ1) is 10.9. The van der Waals surface area contributed by atoms with E-state index in [9.17, 15) is 18.0 Å². The summed E-state index contributed by atoms with van der Waals surface area (Å²) in [5.41, 5.74) is 2.71. The second-order valence-electron chi connectivity index (χ2n) is 6.09. The molecule has 23 heavy (non-hydrogen) atoms. The van der Waals surface area contributed by atoms with Crippen molar-refractivity contribution in [1.82, 2.24) is 9.88 Å². The summed E-state index contributed by atoms with van der Waals surface area (Å²) in [6.07, 6.45) is 0.624. The van der Waals surface area contributed by atoms with Gasteiger partial charge in [0.1, 0.15) is 0 Å². The van der Waals surface area contributed by atoms with Crippen molar-refractivity contribution < 1.29 is 22.7 Å². The van der Waals surface area contributed by atoms with Crippen LogP contribution < -0.4 is 0 Å². The summed E-state index contributed by atoms with van der Waals surface area (Å²) in [6.45, 7) is 0.549. The van der Waals surface area contributed by atoms with E-state index in [0.717, 1.165) is 36.9 Å². The molecule has 0 unspecified atom stereocenters. The predicted octanol–water partition coefficient (Wildman–Crippen LogP) is 3.10. The lowest BCUT2D eigenvalue weighted by atomic mass is 9.95. The molecular formula is C16H19F3N2O2. The quantitative estimate of drug-likeness (QED) is 0.838. The molecular weight excluding hydrogens is 309 g/mol. The van der Waals surface area contributed by atoms with Crippen LogP contribution in [0.4, 0.5) is 13.2 Å². The van der Waals surface area contributed by atoms with Gasteiger partial charge in [-0.05, 0) is 50.2 Å². The molecule has 0 radical (unpaired) electrons. The van der Waals surface area contributed by atoms with Crippen LogP contribution in [0.15, 0.2) is 12.3 Å². The highest BCUT2D eigenvalue weighted by Crippen LogP contribution is 2.25. The molecule has 1 aliphatic heterocycles. The summed E-state index contributed by atoms with van der Waals surface area (Å²) in [5, 5.41) is 0. The third-order valence-electron chi connectivity index (χ3n) is 4.45. The Kier molecular flexibility index (Phi) is 4.57. The normalized spacial score (nSPS) is 19.5. The first-order valence-electron chi connectivity index (χ1n) is 7.94. The molecule has 1 aromatic heterocycles. The number of pyridine rings is 1. The molecule has 1 fully saturated rings. The molecule has 0 aromatic carbocycles. The van der Waals surface area contributed by atoms with Gasteiger partial charge in [-0.3, -0.25) is 14.5 Å². The predicted molar refractivity (Wildman–Crippen MR) is 76.9 cm³/mol. The second kappa shape index (κ2) is 6.47. The Morgan fingerprint density at radius 2 is 1.91 bits per heavy atom. The summed E-state index contributed by atoms with van der Waals surface area (Å²) in [5.74, 6) is -0.156. The molecule has 1 amide bonds. The summed E-state index contributed by atoms with van der Waals surface area (Å²) < 4.78 is 40.7. The van der Waals surface area contributed by atoms with E-state index in [1.165, 1.54) is 0 Å². The molecule has 1 aliphatic carbocycles. The van der Waals surface area contributed by atoms with Gasteiger partial charge in [-0.2, -0.15) is 0 Å². The smallest absolute Gasteiger partial charge is 0.338 e. The van der Waals surface area contributed by atoms with Crippen molar-refractivity contribution >= 4 is 5.91 Å². The molecule has 126 valence electrons. The number of carbonyl (C=O) groups excluding carboxylic acids is 1. The SMILES string of the molecule is O=C(c1cnc2c(c1)CCCC2)N1CCC(OC(F)(F)F)CC1. The van der Waals surface area contributed by atoms with E-state index in [0.29, 0.717) is 5.56 Å². The first kappa shape index (κ1) is 16.2. The molecule has 7 heteroatoms. The van der Waals surface area contributed by atoms with Crippen molar-refractivity contribution in [2.75, 3.05) is 13.1 Å². The molecule has 0 saturated carbocycles.